The molecule has 1 amide bonds. The maximum absolute atomic E-state index is 14.3. The summed E-state index contributed by atoms with van der Waals surface area (Å²) in [4.78, 5) is 13.1. The number of anilines is 1. The molecule has 3 rings (SSSR count). The van der Waals surface area contributed by atoms with Crippen LogP contribution in [-0.4, -0.2) is 46.6 Å². The molecule has 0 aromatic heterocycles. The first-order valence-electron chi connectivity index (χ1n) is 9.67. The SMILES string of the molecule is COc1c(C2CC(C)(C(F)(F)F)SC2C(=O)Nc2ccc(OB(O)O)c(Cl)c2)ccc(F)c1F. The molecular weight excluding hydrogens is 508 g/mol. The second-order valence-electron chi connectivity index (χ2n) is 7.64. The number of methoxy groups -OCH3 is 1. The van der Waals surface area contributed by atoms with Gasteiger partial charge in [0.25, 0.3) is 0 Å². The van der Waals surface area contributed by atoms with Crippen molar-refractivity contribution in [3.8, 4) is 11.5 Å². The Morgan fingerprint density at radius 3 is 2.50 bits per heavy atom. The van der Waals surface area contributed by atoms with Crippen molar-refractivity contribution in [1.29, 1.82) is 0 Å². The Hall–Kier alpha value is -2.22. The van der Waals surface area contributed by atoms with Gasteiger partial charge in [0.15, 0.2) is 11.6 Å². The Bertz CT molecular complexity index is 1090. The van der Waals surface area contributed by atoms with Crippen LogP contribution in [0.5, 0.6) is 11.5 Å². The summed E-state index contributed by atoms with van der Waals surface area (Å²) in [6.45, 7) is 0.938. The number of hydrogen-bond donors (Lipinski definition) is 3. The molecule has 3 unspecified atom stereocenters. The Morgan fingerprint density at radius 2 is 1.94 bits per heavy atom. The fourth-order valence-electron chi connectivity index (χ4n) is 3.68. The summed E-state index contributed by atoms with van der Waals surface area (Å²) < 4.78 is 76.7. The van der Waals surface area contributed by atoms with E-state index in [1.165, 1.54) is 18.2 Å². The van der Waals surface area contributed by atoms with Crippen molar-refractivity contribution in [2.75, 3.05) is 12.4 Å². The Kier molecular flexibility index (Phi) is 7.61. The van der Waals surface area contributed by atoms with Crippen LogP contribution in [0.3, 0.4) is 0 Å². The third kappa shape index (κ3) is 5.22. The molecule has 34 heavy (non-hydrogen) atoms. The van der Waals surface area contributed by atoms with Crippen LogP contribution in [0.15, 0.2) is 30.3 Å². The molecule has 0 radical (unpaired) electrons. The van der Waals surface area contributed by atoms with E-state index in [0.29, 0.717) is 11.8 Å². The van der Waals surface area contributed by atoms with Crippen molar-refractivity contribution in [3.63, 3.8) is 0 Å². The number of halogens is 6. The highest BCUT2D eigenvalue weighted by atomic mass is 35.5. The largest absolute Gasteiger partial charge is 0.707 e. The molecule has 1 saturated heterocycles. The van der Waals surface area contributed by atoms with E-state index in [-0.39, 0.29) is 22.0 Å². The van der Waals surface area contributed by atoms with Gasteiger partial charge in [0.05, 0.1) is 17.4 Å². The van der Waals surface area contributed by atoms with Gasteiger partial charge in [-0.15, -0.1) is 11.8 Å². The van der Waals surface area contributed by atoms with E-state index in [1.54, 1.807) is 0 Å². The van der Waals surface area contributed by atoms with Crippen LogP contribution in [-0.2, 0) is 4.79 Å². The molecule has 0 spiro atoms. The van der Waals surface area contributed by atoms with Crippen LogP contribution in [0.25, 0.3) is 0 Å². The number of thioether (sulfide) groups is 1. The molecule has 6 nitrogen and oxygen atoms in total. The van der Waals surface area contributed by atoms with Gasteiger partial charge in [-0.3, -0.25) is 4.79 Å². The minimum atomic E-state index is -4.69. The lowest BCUT2D eigenvalue weighted by molar-refractivity contribution is -0.155. The van der Waals surface area contributed by atoms with Gasteiger partial charge in [0.1, 0.15) is 10.5 Å². The lowest BCUT2D eigenvalue weighted by atomic mass is 9.85. The highest BCUT2D eigenvalue weighted by Crippen LogP contribution is 2.59. The van der Waals surface area contributed by atoms with E-state index < -0.39 is 59.1 Å². The number of ether oxygens (including phenoxy) is 1. The first-order chi connectivity index (χ1) is 15.8. The minimum Gasteiger partial charge on any atom is -0.511 e. The van der Waals surface area contributed by atoms with E-state index in [2.05, 4.69) is 9.97 Å². The number of hydrogen-bond acceptors (Lipinski definition) is 6. The lowest BCUT2D eigenvalue weighted by Crippen LogP contribution is -2.37. The number of benzene rings is 2. The van der Waals surface area contributed by atoms with Gasteiger partial charge in [-0.2, -0.15) is 17.6 Å². The van der Waals surface area contributed by atoms with Crippen molar-refractivity contribution in [1.82, 2.24) is 0 Å². The number of rotatable bonds is 6. The maximum Gasteiger partial charge on any atom is 0.707 e. The Labute approximate surface area is 200 Å². The molecule has 1 heterocycles. The predicted molar refractivity (Wildman–Crippen MR) is 117 cm³/mol. The lowest BCUT2D eigenvalue weighted by Gasteiger charge is -2.26. The van der Waals surface area contributed by atoms with Crippen molar-refractivity contribution >= 4 is 42.3 Å². The second kappa shape index (κ2) is 9.80. The van der Waals surface area contributed by atoms with Crippen LogP contribution in [0, 0.1) is 11.6 Å². The molecule has 184 valence electrons. The molecule has 0 saturated carbocycles. The summed E-state index contributed by atoms with van der Waals surface area (Å²) in [5.74, 6) is -5.28. The second-order valence-corrected chi connectivity index (χ2v) is 9.69. The normalized spacial score (nSPS) is 22.4. The fraction of sp³-hybridized carbons (Fsp3) is 0.350. The summed E-state index contributed by atoms with van der Waals surface area (Å²) >= 11 is 6.33. The molecule has 2 aromatic carbocycles. The predicted octanol–water partition coefficient (Wildman–Crippen LogP) is 4.52. The van der Waals surface area contributed by atoms with Gasteiger partial charge in [0, 0.05) is 17.2 Å². The first kappa shape index (κ1) is 26.4. The highest BCUT2D eigenvalue weighted by molar-refractivity contribution is 8.02. The van der Waals surface area contributed by atoms with Crippen molar-refractivity contribution in [3.05, 3.63) is 52.6 Å². The standard InChI is InChI=1S/C20H18BClF5NO5S/c1-19(20(25,26)27)8-11(10-4-5-13(23)15(24)16(10)32-2)17(34-19)18(29)28-9-3-6-14(12(22)7-9)33-21(30)31/h3-7,11,17,30-31H,8H2,1-2H3,(H,28,29). The molecule has 0 bridgehead atoms. The molecule has 14 heteroatoms. The molecule has 3 N–H and O–H groups in total. The van der Waals surface area contributed by atoms with Crippen LogP contribution in [0.1, 0.15) is 24.8 Å². The van der Waals surface area contributed by atoms with Crippen LogP contribution in [0.4, 0.5) is 27.6 Å². The summed E-state index contributed by atoms with van der Waals surface area (Å²) in [7, 11) is -1.09. The Morgan fingerprint density at radius 1 is 1.26 bits per heavy atom. The first-order valence-corrected chi connectivity index (χ1v) is 10.9. The topological polar surface area (TPSA) is 88.0 Å². The zero-order valence-corrected chi connectivity index (χ0v) is 19.2. The quantitative estimate of drug-likeness (QED) is 0.380. The van der Waals surface area contributed by atoms with Crippen LogP contribution < -0.4 is 14.7 Å². The summed E-state index contributed by atoms with van der Waals surface area (Å²) in [5.41, 5.74) is 0.0210. The molecule has 1 aliphatic rings. The fourth-order valence-corrected chi connectivity index (χ4v) is 5.44. The molecule has 0 aliphatic carbocycles. The van der Waals surface area contributed by atoms with E-state index in [4.69, 9.17) is 26.4 Å². The van der Waals surface area contributed by atoms with Crippen LogP contribution >= 0.6 is 23.4 Å². The van der Waals surface area contributed by atoms with Crippen molar-refractivity contribution in [2.45, 2.75) is 35.4 Å². The van der Waals surface area contributed by atoms with Gasteiger partial charge < -0.3 is 24.8 Å². The zero-order chi connectivity index (χ0) is 25.4. The van der Waals surface area contributed by atoms with Gasteiger partial charge in [-0.05, 0) is 37.6 Å². The minimum absolute atomic E-state index is 0.0688. The summed E-state index contributed by atoms with van der Waals surface area (Å²) in [6, 6.07) is 5.58. The summed E-state index contributed by atoms with van der Waals surface area (Å²) in [6.07, 6.45) is -5.27. The zero-order valence-electron chi connectivity index (χ0n) is 17.6. The third-order valence-electron chi connectivity index (χ3n) is 5.34. The van der Waals surface area contributed by atoms with Crippen LogP contribution in [0.2, 0.25) is 5.02 Å². The van der Waals surface area contributed by atoms with E-state index >= 15 is 0 Å². The van der Waals surface area contributed by atoms with Crippen molar-refractivity contribution < 1.29 is 46.2 Å². The van der Waals surface area contributed by atoms with Gasteiger partial charge in [-0.1, -0.05) is 17.7 Å². The molecule has 2 aromatic rings. The molecule has 1 fully saturated rings. The number of carbonyl (C=O) groups is 1. The number of alkyl halides is 3. The monoisotopic (exact) mass is 525 g/mol. The van der Waals surface area contributed by atoms with Gasteiger partial charge >= 0.3 is 13.5 Å². The van der Waals surface area contributed by atoms with Gasteiger partial charge in [-0.25, -0.2) is 4.39 Å². The number of nitrogens with one attached hydrogen (secondary N) is 1. The third-order valence-corrected chi connectivity index (χ3v) is 7.35. The smallest absolute Gasteiger partial charge is 0.511 e. The number of amides is 1. The maximum atomic E-state index is 14.3. The Balaban J connectivity index is 1.96. The van der Waals surface area contributed by atoms with E-state index in [9.17, 15) is 26.7 Å². The molecular formula is C20H18BClF5NO5S. The van der Waals surface area contributed by atoms with Crippen molar-refractivity contribution in [2.24, 2.45) is 0 Å². The molecule has 3 atom stereocenters. The molecule has 1 aliphatic heterocycles. The number of carbonyl (C=O) groups excluding carboxylic acids is 1. The average Bonchev–Trinajstić information content (AvgIpc) is 3.10. The van der Waals surface area contributed by atoms with E-state index in [1.807, 2.05) is 0 Å². The van der Waals surface area contributed by atoms with Gasteiger partial charge in [0.2, 0.25) is 11.7 Å². The average molecular weight is 526 g/mol. The summed E-state index contributed by atoms with van der Waals surface area (Å²) in [5, 5.41) is 18.7. The van der Waals surface area contributed by atoms with E-state index in [0.717, 1.165) is 26.2 Å². The highest BCUT2D eigenvalue weighted by Gasteiger charge is 2.60.